The Labute approximate surface area is 61.2 Å². The van der Waals surface area contributed by atoms with Crippen molar-refractivity contribution in [3.63, 3.8) is 0 Å². The lowest BCUT2D eigenvalue weighted by Crippen LogP contribution is -2.20. The molecule has 0 fully saturated rings. The van der Waals surface area contributed by atoms with Gasteiger partial charge in [-0.25, -0.2) is 0 Å². The number of aliphatic hydroxyl groups excluding tert-OH is 1. The summed E-state index contributed by atoms with van der Waals surface area (Å²) < 4.78 is 0. The minimum Gasteiger partial charge on any atom is -0.385 e. The molecule has 0 aromatic rings. The maximum absolute atomic E-state index is 10.7. The second kappa shape index (κ2) is 5.38. The minimum absolute atomic E-state index is 0.0894. The van der Waals surface area contributed by atoms with Crippen LogP contribution in [0.2, 0.25) is 0 Å². The smallest absolute Gasteiger partial charge is 0.160 e. The van der Waals surface area contributed by atoms with Gasteiger partial charge in [0.25, 0.3) is 0 Å². The van der Waals surface area contributed by atoms with Gasteiger partial charge in [-0.3, -0.25) is 4.79 Å². The molecule has 0 unspecified atom stereocenters. The highest BCUT2D eigenvalue weighted by atomic mass is 16.3. The Kier molecular flexibility index (Phi) is 5.16. The number of hydrogen-bond donors (Lipinski definition) is 2. The lowest BCUT2D eigenvalue weighted by Gasteiger charge is -2.05. The molecule has 0 spiro atoms. The van der Waals surface area contributed by atoms with Gasteiger partial charge in [0.15, 0.2) is 5.78 Å². The van der Waals surface area contributed by atoms with Crippen molar-refractivity contribution in [2.24, 2.45) is 5.73 Å². The summed E-state index contributed by atoms with van der Waals surface area (Å²) in [6.07, 6.45) is 0.843. The third-order valence-electron chi connectivity index (χ3n) is 1.40. The largest absolute Gasteiger partial charge is 0.385 e. The molecule has 0 aliphatic heterocycles. The summed E-state index contributed by atoms with van der Waals surface area (Å²) in [5, 5.41) is 9.04. The first-order valence-corrected chi connectivity index (χ1v) is 3.63. The third-order valence-corrected chi connectivity index (χ3v) is 1.40. The quantitative estimate of drug-likeness (QED) is 0.575. The van der Waals surface area contributed by atoms with E-state index in [1.54, 1.807) is 6.92 Å². The number of ketones is 1. The van der Waals surface area contributed by atoms with Crippen LogP contribution in [0.3, 0.4) is 0 Å². The van der Waals surface area contributed by atoms with Gasteiger partial charge in [0.1, 0.15) is 6.10 Å². The lowest BCUT2D eigenvalue weighted by molar-refractivity contribution is -0.127. The summed E-state index contributed by atoms with van der Waals surface area (Å²) in [4.78, 5) is 10.7. The van der Waals surface area contributed by atoms with Crippen molar-refractivity contribution in [2.75, 3.05) is 6.54 Å². The molecule has 60 valence electrons. The molecule has 0 aliphatic rings. The zero-order chi connectivity index (χ0) is 7.98. The van der Waals surface area contributed by atoms with Crippen LogP contribution in [0.15, 0.2) is 0 Å². The van der Waals surface area contributed by atoms with E-state index in [0.717, 1.165) is 0 Å². The Hall–Kier alpha value is -0.410. The van der Waals surface area contributed by atoms with Crippen molar-refractivity contribution in [1.82, 2.24) is 0 Å². The molecule has 0 heterocycles. The van der Waals surface area contributed by atoms with Crippen LogP contribution in [0.25, 0.3) is 0 Å². The zero-order valence-corrected chi connectivity index (χ0v) is 6.34. The van der Waals surface area contributed by atoms with Gasteiger partial charge in [-0.1, -0.05) is 6.92 Å². The summed E-state index contributed by atoms with van der Waals surface area (Å²) in [5.41, 5.74) is 5.20. The third kappa shape index (κ3) is 3.58. The highest BCUT2D eigenvalue weighted by Crippen LogP contribution is 1.98. The Balaban J connectivity index is 3.41. The van der Waals surface area contributed by atoms with E-state index < -0.39 is 6.10 Å². The SMILES string of the molecule is CCC(=O)[C@H](O)CCCN. The first-order chi connectivity index (χ1) is 4.72. The average Bonchev–Trinajstić information content (AvgIpc) is 1.98. The molecule has 0 saturated heterocycles. The molecular weight excluding hydrogens is 130 g/mol. The fourth-order valence-corrected chi connectivity index (χ4v) is 0.708. The van der Waals surface area contributed by atoms with Crippen molar-refractivity contribution < 1.29 is 9.90 Å². The van der Waals surface area contributed by atoms with E-state index in [-0.39, 0.29) is 5.78 Å². The van der Waals surface area contributed by atoms with Crippen LogP contribution in [0.1, 0.15) is 26.2 Å². The molecule has 0 aliphatic carbocycles. The second-order valence-electron chi connectivity index (χ2n) is 2.27. The molecule has 0 saturated carbocycles. The Morgan fingerprint density at radius 2 is 2.30 bits per heavy atom. The van der Waals surface area contributed by atoms with E-state index in [9.17, 15) is 4.79 Å². The molecule has 0 aromatic carbocycles. The van der Waals surface area contributed by atoms with E-state index in [0.29, 0.717) is 25.8 Å². The monoisotopic (exact) mass is 145 g/mol. The van der Waals surface area contributed by atoms with Crippen LogP contribution in [-0.4, -0.2) is 23.5 Å². The van der Waals surface area contributed by atoms with Crippen LogP contribution in [0, 0.1) is 0 Å². The van der Waals surface area contributed by atoms with Gasteiger partial charge in [-0.05, 0) is 19.4 Å². The van der Waals surface area contributed by atoms with Crippen LogP contribution in [0.4, 0.5) is 0 Å². The number of nitrogens with two attached hydrogens (primary N) is 1. The number of carbonyl (C=O) groups is 1. The van der Waals surface area contributed by atoms with Gasteiger partial charge in [-0.2, -0.15) is 0 Å². The predicted octanol–water partition coefficient (Wildman–Crippen LogP) is 0.0653. The highest BCUT2D eigenvalue weighted by molar-refractivity contribution is 5.82. The van der Waals surface area contributed by atoms with Gasteiger partial charge in [0, 0.05) is 6.42 Å². The average molecular weight is 145 g/mol. The molecule has 0 radical (unpaired) electrons. The minimum atomic E-state index is -0.784. The molecule has 3 heteroatoms. The fourth-order valence-electron chi connectivity index (χ4n) is 0.708. The fraction of sp³-hybridized carbons (Fsp3) is 0.857. The number of Topliss-reactive ketones (excluding diaryl/α,β-unsaturated/α-hetero) is 1. The first kappa shape index (κ1) is 9.59. The summed E-state index contributed by atoms with van der Waals surface area (Å²) >= 11 is 0. The topological polar surface area (TPSA) is 63.3 Å². The molecular formula is C7H15NO2. The predicted molar refractivity (Wildman–Crippen MR) is 39.6 cm³/mol. The number of hydrogen-bond acceptors (Lipinski definition) is 3. The molecule has 10 heavy (non-hydrogen) atoms. The maximum Gasteiger partial charge on any atom is 0.160 e. The van der Waals surface area contributed by atoms with Crippen LogP contribution in [0.5, 0.6) is 0 Å². The molecule has 1 atom stereocenters. The Morgan fingerprint density at radius 1 is 1.70 bits per heavy atom. The molecule has 3 N–H and O–H groups in total. The first-order valence-electron chi connectivity index (χ1n) is 3.63. The van der Waals surface area contributed by atoms with E-state index in [4.69, 9.17) is 10.8 Å². The number of rotatable bonds is 5. The molecule has 0 bridgehead atoms. The van der Waals surface area contributed by atoms with Gasteiger partial charge >= 0.3 is 0 Å². The highest BCUT2D eigenvalue weighted by Gasteiger charge is 2.10. The molecule has 3 nitrogen and oxygen atoms in total. The zero-order valence-electron chi connectivity index (χ0n) is 6.34. The van der Waals surface area contributed by atoms with Crippen LogP contribution < -0.4 is 5.73 Å². The van der Waals surface area contributed by atoms with E-state index >= 15 is 0 Å². The van der Waals surface area contributed by atoms with Crippen molar-refractivity contribution in [2.45, 2.75) is 32.3 Å². The lowest BCUT2D eigenvalue weighted by atomic mass is 10.1. The van der Waals surface area contributed by atoms with Gasteiger partial charge < -0.3 is 10.8 Å². The molecule has 0 aromatic heterocycles. The van der Waals surface area contributed by atoms with Crippen molar-refractivity contribution in [1.29, 1.82) is 0 Å². The summed E-state index contributed by atoms with van der Waals surface area (Å²) in [6, 6.07) is 0. The Bertz CT molecular complexity index is 104. The van der Waals surface area contributed by atoms with Gasteiger partial charge in [-0.15, -0.1) is 0 Å². The van der Waals surface area contributed by atoms with E-state index in [2.05, 4.69) is 0 Å². The van der Waals surface area contributed by atoms with Crippen molar-refractivity contribution in [3.05, 3.63) is 0 Å². The second-order valence-corrected chi connectivity index (χ2v) is 2.27. The van der Waals surface area contributed by atoms with Crippen molar-refractivity contribution >= 4 is 5.78 Å². The van der Waals surface area contributed by atoms with Gasteiger partial charge in [0.05, 0.1) is 0 Å². The normalized spacial score (nSPS) is 13.1. The standard InChI is InChI=1S/C7H15NO2/c1-2-6(9)7(10)4-3-5-8/h7,10H,2-5,8H2,1H3/t7-/m1/s1. The maximum atomic E-state index is 10.7. The summed E-state index contributed by atoms with van der Waals surface area (Å²) in [7, 11) is 0. The number of aliphatic hydroxyl groups is 1. The van der Waals surface area contributed by atoms with Gasteiger partial charge in [0.2, 0.25) is 0 Å². The summed E-state index contributed by atoms with van der Waals surface area (Å²) in [6.45, 7) is 2.28. The van der Waals surface area contributed by atoms with Crippen LogP contribution >= 0.6 is 0 Å². The Morgan fingerprint density at radius 3 is 2.70 bits per heavy atom. The van der Waals surface area contributed by atoms with E-state index in [1.165, 1.54) is 0 Å². The summed E-state index contributed by atoms with van der Waals surface area (Å²) in [5.74, 6) is -0.0894. The van der Waals surface area contributed by atoms with Crippen LogP contribution in [-0.2, 0) is 4.79 Å². The van der Waals surface area contributed by atoms with Crippen molar-refractivity contribution in [3.8, 4) is 0 Å². The number of carbonyl (C=O) groups excluding carboxylic acids is 1. The molecule has 0 rings (SSSR count). The van der Waals surface area contributed by atoms with E-state index in [1.807, 2.05) is 0 Å². The molecule has 0 amide bonds.